The average molecular weight is 247 g/mol. The third-order valence-electron chi connectivity index (χ3n) is 1.09. The fourth-order valence-corrected chi connectivity index (χ4v) is 0.744. The first-order chi connectivity index (χ1) is 3.29. The second kappa shape index (κ2) is 11.1. The second-order valence-corrected chi connectivity index (χ2v) is 1.98. The van der Waals surface area contributed by atoms with E-state index < -0.39 is 0 Å². The minimum Gasteiger partial charge on any atom is -1.00 e. The summed E-state index contributed by atoms with van der Waals surface area (Å²) in [6, 6.07) is 0. The molecule has 0 aromatic heterocycles. The minimum absolute atomic E-state index is 0. The Hall–Kier alpha value is 1.06. The molecule has 0 saturated carbocycles. The van der Waals surface area contributed by atoms with Gasteiger partial charge in [-0.2, -0.15) is 6.08 Å². The monoisotopic (exact) mass is 246 g/mol. The van der Waals surface area contributed by atoms with Crippen LogP contribution in [-0.2, 0) is 21.7 Å². The average Bonchev–Trinajstić information content (AvgIpc) is 1.87. The molecule has 0 radical (unpaired) electrons. The molecule has 0 aliphatic heterocycles. The molecule has 11 heavy (non-hydrogen) atoms. The van der Waals surface area contributed by atoms with Gasteiger partial charge in [-0.05, 0) is 0 Å². The molecule has 4 heteroatoms. The van der Waals surface area contributed by atoms with Crippen molar-refractivity contribution in [2.75, 3.05) is 0 Å². The van der Waals surface area contributed by atoms with E-state index in [1.165, 1.54) is 5.57 Å². The third-order valence-corrected chi connectivity index (χ3v) is 1.09. The van der Waals surface area contributed by atoms with Gasteiger partial charge in [0.2, 0.25) is 0 Å². The number of hydrogen-bond acceptors (Lipinski definition) is 0. The van der Waals surface area contributed by atoms with Crippen LogP contribution in [0.5, 0.6) is 0 Å². The predicted octanol–water partition coefficient (Wildman–Crippen LogP) is -7.05. The molecule has 0 amide bonds. The fourth-order valence-electron chi connectivity index (χ4n) is 0.744. The Morgan fingerprint density at radius 3 is 1.82 bits per heavy atom. The molecule has 0 fully saturated rings. The van der Waals surface area contributed by atoms with Gasteiger partial charge in [0, 0.05) is 0 Å². The van der Waals surface area contributed by atoms with Gasteiger partial charge in [-0.1, -0.05) is 19.8 Å². The summed E-state index contributed by atoms with van der Waals surface area (Å²) in [6.45, 7) is 4.20. The van der Waals surface area contributed by atoms with Crippen LogP contribution in [0.3, 0.4) is 0 Å². The van der Waals surface area contributed by atoms with Crippen molar-refractivity contribution >= 4 is 0 Å². The number of allylic oxidation sites excluding steroid dienone is 4. The van der Waals surface area contributed by atoms with Crippen LogP contribution < -0.4 is 37.2 Å². The molecule has 1 unspecified atom stereocenters. The van der Waals surface area contributed by atoms with E-state index in [2.05, 4.69) is 32.1 Å². The molecule has 62 valence electrons. The zero-order chi connectivity index (χ0) is 5.28. The molecule has 0 aromatic carbocycles. The van der Waals surface area contributed by atoms with Crippen LogP contribution in [0.25, 0.3) is 0 Å². The van der Waals surface area contributed by atoms with E-state index in [1.807, 2.05) is 0 Å². The van der Waals surface area contributed by atoms with E-state index in [-0.39, 0.29) is 58.9 Å². The molecule has 0 aromatic rings. The molecule has 0 spiro atoms. The Morgan fingerprint density at radius 2 is 1.73 bits per heavy atom. The summed E-state index contributed by atoms with van der Waals surface area (Å²) in [5.74, 6) is 0.556. The smallest absolute Gasteiger partial charge is 1.00 e. The van der Waals surface area contributed by atoms with Gasteiger partial charge >= 0.3 is 21.7 Å². The summed E-state index contributed by atoms with van der Waals surface area (Å²) in [5.41, 5.74) is 1.27. The van der Waals surface area contributed by atoms with Crippen LogP contribution in [0.1, 0.15) is 13.8 Å². The molecule has 1 aliphatic rings. The van der Waals surface area contributed by atoms with E-state index in [0.717, 1.165) is 0 Å². The Balaban J connectivity index is -0.0000000612. The van der Waals surface area contributed by atoms with Gasteiger partial charge in [0.15, 0.2) is 0 Å². The number of halogens is 3. The van der Waals surface area contributed by atoms with Crippen molar-refractivity contribution in [2.24, 2.45) is 5.92 Å². The summed E-state index contributed by atoms with van der Waals surface area (Å²) >= 11 is 0. The molecule has 0 saturated heterocycles. The van der Waals surface area contributed by atoms with Gasteiger partial charge in [-0.25, -0.2) is 11.6 Å². The van der Waals surface area contributed by atoms with E-state index in [4.69, 9.17) is 0 Å². The number of hydrogen-bond donors (Lipinski definition) is 0. The van der Waals surface area contributed by atoms with Crippen molar-refractivity contribution in [1.29, 1.82) is 0 Å². The fraction of sp³-hybridized carbons (Fsp3) is 0.429. The summed E-state index contributed by atoms with van der Waals surface area (Å²) < 4.78 is 0. The van der Waals surface area contributed by atoms with Crippen LogP contribution in [0.4, 0.5) is 0 Å². The first-order valence-corrected chi connectivity index (χ1v) is 2.57. The summed E-state index contributed by atoms with van der Waals surface area (Å²) in [7, 11) is 0. The molecule has 0 bridgehead atoms. The molecular weight excluding hydrogens is 238 g/mol. The standard InChI is InChI=1S/C7H9.3ClH.Ti/c1-6-3-4-7(2)5-6;;;;/h3-4,6H,1-2H3;3*1H;/q-1;;;;+4/p-3. The van der Waals surface area contributed by atoms with Crippen molar-refractivity contribution in [3.8, 4) is 0 Å². The van der Waals surface area contributed by atoms with E-state index >= 15 is 0 Å². The number of rotatable bonds is 0. The van der Waals surface area contributed by atoms with Gasteiger partial charge in [-0.15, -0.1) is 0 Å². The van der Waals surface area contributed by atoms with Crippen molar-refractivity contribution in [3.05, 3.63) is 23.8 Å². The van der Waals surface area contributed by atoms with Gasteiger partial charge < -0.3 is 37.2 Å². The van der Waals surface area contributed by atoms with Crippen molar-refractivity contribution in [1.82, 2.24) is 0 Å². The maximum atomic E-state index is 3.22. The van der Waals surface area contributed by atoms with Crippen LogP contribution in [-0.4, -0.2) is 0 Å². The molecule has 0 N–H and O–H groups in total. The zero-order valence-corrected chi connectivity index (χ0v) is 10.2. The minimum atomic E-state index is 0. The third kappa shape index (κ3) is 8.97. The molecule has 1 rings (SSSR count). The predicted molar refractivity (Wildman–Crippen MR) is 30.7 cm³/mol. The first kappa shape index (κ1) is 22.7. The van der Waals surface area contributed by atoms with Gasteiger partial charge in [0.05, 0.1) is 0 Å². The first-order valence-electron chi connectivity index (χ1n) is 2.57. The topological polar surface area (TPSA) is 0 Å². The van der Waals surface area contributed by atoms with Crippen LogP contribution in [0, 0.1) is 12.0 Å². The largest absolute Gasteiger partial charge is 4.00 e. The van der Waals surface area contributed by atoms with Crippen molar-refractivity contribution < 1.29 is 58.9 Å². The van der Waals surface area contributed by atoms with Crippen LogP contribution in [0.15, 0.2) is 17.7 Å². The SMILES string of the molecule is CC1=[C-]C(C)C=C1.[Cl-].[Cl-].[Cl-].[Ti+4]. The summed E-state index contributed by atoms with van der Waals surface area (Å²) in [4.78, 5) is 0. The van der Waals surface area contributed by atoms with Crippen LogP contribution >= 0.6 is 0 Å². The Bertz CT molecular complexity index is 132. The van der Waals surface area contributed by atoms with E-state index in [0.29, 0.717) is 5.92 Å². The molecule has 0 heterocycles. The Morgan fingerprint density at radius 1 is 1.27 bits per heavy atom. The maximum Gasteiger partial charge on any atom is 4.00 e. The van der Waals surface area contributed by atoms with Crippen molar-refractivity contribution in [2.45, 2.75) is 13.8 Å². The molecule has 0 nitrogen and oxygen atoms in total. The van der Waals surface area contributed by atoms with Crippen molar-refractivity contribution in [3.63, 3.8) is 0 Å². The van der Waals surface area contributed by atoms with E-state index in [9.17, 15) is 0 Å². The van der Waals surface area contributed by atoms with Gasteiger partial charge in [-0.3, -0.25) is 6.08 Å². The quantitative estimate of drug-likeness (QED) is 0.295. The van der Waals surface area contributed by atoms with E-state index in [1.54, 1.807) is 0 Å². The second-order valence-electron chi connectivity index (χ2n) is 1.98. The van der Waals surface area contributed by atoms with Gasteiger partial charge in [0.1, 0.15) is 0 Å². The summed E-state index contributed by atoms with van der Waals surface area (Å²) in [5, 5.41) is 0. The molecular formula is C7H9Cl3Ti. The normalized spacial score (nSPS) is 18.0. The molecule has 1 atom stereocenters. The van der Waals surface area contributed by atoms with Gasteiger partial charge in [0.25, 0.3) is 0 Å². The zero-order valence-electron chi connectivity index (χ0n) is 6.37. The molecule has 1 aliphatic carbocycles. The maximum absolute atomic E-state index is 3.22. The van der Waals surface area contributed by atoms with Crippen LogP contribution in [0.2, 0.25) is 0 Å². The summed E-state index contributed by atoms with van der Waals surface area (Å²) in [6.07, 6.45) is 7.47. The Labute approximate surface area is 102 Å². The Kier molecular flexibility index (Phi) is 22.8.